The summed E-state index contributed by atoms with van der Waals surface area (Å²) in [6, 6.07) is 32.5. The Bertz CT molecular complexity index is 1310. The third-order valence-corrected chi connectivity index (χ3v) is 5.16. The Morgan fingerprint density at radius 2 is 1.03 bits per heavy atom. The van der Waals surface area contributed by atoms with Gasteiger partial charge in [0.1, 0.15) is 17.5 Å². The van der Waals surface area contributed by atoms with Crippen molar-refractivity contribution in [3.8, 4) is 39.6 Å². The highest BCUT2D eigenvalue weighted by Crippen LogP contribution is 2.38. The lowest BCUT2D eigenvalue weighted by Crippen LogP contribution is -2.00. The highest BCUT2D eigenvalue weighted by atomic mass is 19.1. The maximum absolute atomic E-state index is 13.7. The number of imidazole rings is 1. The van der Waals surface area contributed by atoms with Crippen LogP contribution in [0.4, 0.5) is 8.78 Å². The van der Waals surface area contributed by atoms with Crippen LogP contribution in [0.5, 0.6) is 0 Å². The standard InChI is InChI=1S/C27H18F2N2/c28-22-13-11-21(12-14-22)27-30-25(19-7-3-1-4-8-19)26(20-9-5-2-6-10-20)31(27)24-17-15-23(29)16-18-24/h1-18H. The molecule has 0 amide bonds. The van der Waals surface area contributed by atoms with Crippen molar-refractivity contribution in [1.82, 2.24) is 9.55 Å². The van der Waals surface area contributed by atoms with Gasteiger partial charge in [0.15, 0.2) is 0 Å². The Kier molecular flexibility index (Phi) is 4.89. The van der Waals surface area contributed by atoms with E-state index in [0.29, 0.717) is 5.82 Å². The van der Waals surface area contributed by atoms with E-state index in [2.05, 4.69) is 0 Å². The molecule has 5 rings (SSSR count). The molecule has 2 nitrogen and oxygen atoms in total. The second-order valence-electron chi connectivity index (χ2n) is 7.18. The SMILES string of the molecule is Fc1ccc(-c2nc(-c3ccccc3)c(-c3ccccc3)n2-c2ccc(F)cc2)cc1. The summed E-state index contributed by atoms with van der Waals surface area (Å²) in [5.41, 5.74) is 5.17. The Labute approximate surface area is 179 Å². The molecule has 0 saturated carbocycles. The van der Waals surface area contributed by atoms with Gasteiger partial charge in [0.2, 0.25) is 0 Å². The zero-order chi connectivity index (χ0) is 21.2. The molecule has 1 aromatic heterocycles. The van der Waals surface area contributed by atoms with Crippen LogP contribution in [0.3, 0.4) is 0 Å². The number of aromatic nitrogens is 2. The predicted octanol–water partition coefficient (Wildman–Crippen LogP) is 7.15. The highest BCUT2D eigenvalue weighted by Gasteiger charge is 2.22. The molecule has 1 heterocycles. The lowest BCUT2D eigenvalue weighted by Gasteiger charge is -2.14. The first kappa shape index (κ1) is 18.9. The third-order valence-electron chi connectivity index (χ3n) is 5.16. The van der Waals surface area contributed by atoms with Gasteiger partial charge in [-0.1, -0.05) is 60.7 Å². The fourth-order valence-corrected chi connectivity index (χ4v) is 3.71. The molecular formula is C27H18F2N2. The minimum absolute atomic E-state index is 0.309. The zero-order valence-electron chi connectivity index (χ0n) is 16.5. The molecule has 4 aromatic carbocycles. The van der Waals surface area contributed by atoms with Gasteiger partial charge in [-0.25, -0.2) is 13.8 Å². The van der Waals surface area contributed by atoms with Crippen LogP contribution in [0, 0.1) is 11.6 Å². The summed E-state index contributed by atoms with van der Waals surface area (Å²) in [4.78, 5) is 5.00. The average molecular weight is 408 g/mol. The first-order valence-electron chi connectivity index (χ1n) is 9.96. The van der Waals surface area contributed by atoms with Crippen molar-refractivity contribution in [2.24, 2.45) is 0 Å². The normalized spacial score (nSPS) is 10.9. The van der Waals surface area contributed by atoms with Gasteiger partial charge in [0, 0.05) is 22.4 Å². The smallest absolute Gasteiger partial charge is 0.145 e. The largest absolute Gasteiger partial charge is 0.292 e. The molecule has 0 aliphatic rings. The van der Waals surface area contributed by atoms with Gasteiger partial charge in [-0.2, -0.15) is 0 Å². The van der Waals surface area contributed by atoms with Crippen LogP contribution in [0.15, 0.2) is 109 Å². The molecule has 5 aromatic rings. The second-order valence-corrected chi connectivity index (χ2v) is 7.18. The summed E-state index contributed by atoms with van der Waals surface area (Å²) < 4.78 is 29.3. The van der Waals surface area contributed by atoms with Crippen LogP contribution in [0.25, 0.3) is 39.6 Å². The number of rotatable bonds is 4. The monoisotopic (exact) mass is 408 g/mol. The topological polar surface area (TPSA) is 17.8 Å². The average Bonchev–Trinajstić information content (AvgIpc) is 3.22. The summed E-state index contributed by atoms with van der Waals surface area (Å²) in [7, 11) is 0. The van der Waals surface area contributed by atoms with Crippen LogP contribution >= 0.6 is 0 Å². The summed E-state index contributed by atoms with van der Waals surface area (Å²) in [6.07, 6.45) is 0. The van der Waals surface area contributed by atoms with Crippen molar-refractivity contribution in [3.63, 3.8) is 0 Å². The fourth-order valence-electron chi connectivity index (χ4n) is 3.71. The van der Waals surface area contributed by atoms with Gasteiger partial charge in [-0.05, 0) is 48.5 Å². The Balaban J connectivity index is 1.87. The van der Waals surface area contributed by atoms with Crippen LogP contribution in [0.2, 0.25) is 0 Å². The summed E-state index contributed by atoms with van der Waals surface area (Å²) in [6.45, 7) is 0. The molecule has 0 atom stereocenters. The van der Waals surface area contributed by atoms with Crippen molar-refractivity contribution in [2.45, 2.75) is 0 Å². The van der Waals surface area contributed by atoms with Gasteiger partial charge in [-0.15, -0.1) is 0 Å². The quantitative estimate of drug-likeness (QED) is 0.309. The highest BCUT2D eigenvalue weighted by molar-refractivity contribution is 5.84. The molecular weight excluding hydrogens is 390 g/mol. The van der Waals surface area contributed by atoms with Gasteiger partial charge >= 0.3 is 0 Å². The van der Waals surface area contributed by atoms with E-state index in [1.807, 2.05) is 65.2 Å². The maximum atomic E-state index is 13.7. The first-order chi connectivity index (χ1) is 15.2. The summed E-state index contributed by atoms with van der Waals surface area (Å²) in [5.74, 6) is 0.0382. The summed E-state index contributed by atoms with van der Waals surface area (Å²) >= 11 is 0. The van der Waals surface area contributed by atoms with Gasteiger partial charge in [0.05, 0.1) is 11.4 Å². The lowest BCUT2D eigenvalue weighted by atomic mass is 10.0. The molecule has 0 saturated heterocycles. The van der Waals surface area contributed by atoms with Crippen molar-refractivity contribution >= 4 is 0 Å². The molecule has 150 valence electrons. The van der Waals surface area contributed by atoms with E-state index >= 15 is 0 Å². The van der Waals surface area contributed by atoms with E-state index in [1.54, 1.807) is 24.3 Å². The van der Waals surface area contributed by atoms with Gasteiger partial charge < -0.3 is 0 Å². The van der Waals surface area contributed by atoms with Gasteiger partial charge in [-0.3, -0.25) is 4.57 Å². The molecule has 31 heavy (non-hydrogen) atoms. The molecule has 4 heteroatoms. The van der Waals surface area contributed by atoms with Crippen molar-refractivity contribution in [3.05, 3.63) is 121 Å². The minimum atomic E-state index is -0.310. The Hall–Kier alpha value is -4.05. The number of nitrogens with zero attached hydrogens (tertiary/aromatic N) is 2. The van der Waals surface area contributed by atoms with E-state index in [4.69, 9.17) is 4.98 Å². The molecule has 0 aliphatic carbocycles. The molecule has 0 bridgehead atoms. The van der Waals surface area contributed by atoms with Gasteiger partial charge in [0.25, 0.3) is 0 Å². The maximum Gasteiger partial charge on any atom is 0.145 e. The van der Waals surface area contributed by atoms with E-state index in [-0.39, 0.29) is 11.6 Å². The molecule has 0 fully saturated rings. The predicted molar refractivity (Wildman–Crippen MR) is 120 cm³/mol. The molecule has 0 aliphatic heterocycles. The Morgan fingerprint density at radius 1 is 0.516 bits per heavy atom. The van der Waals surface area contributed by atoms with Crippen LogP contribution in [-0.4, -0.2) is 9.55 Å². The number of hydrogen-bond donors (Lipinski definition) is 0. The summed E-state index contributed by atoms with van der Waals surface area (Å²) in [5, 5.41) is 0. The first-order valence-corrected chi connectivity index (χ1v) is 9.96. The van der Waals surface area contributed by atoms with E-state index in [0.717, 1.165) is 33.8 Å². The Morgan fingerprint density at radius 3 is 1.61 bits per heavy atom. The van der Waals surface area contributed by atoms with E-state index in [9.17, 15) is 8.78 Å². The third kappa shape index (κ3) is 3.64. The van der Waals surface area contributed by atoms with Crippen molar-refractivity contribution in [2.75, 3.05) is 0 Å². The van der Waals surface area contributed by atoms with Crippen molar-refractivity contribution < 1.29 is 8.78 Å². The minimum Gasteiger partial charge on any atom is -0.292 e. The molecule has 0 unspecified atom stereocenters. The van der Waals surface area contributed by atoms with Crippen LogP contribution < -0.4 is 0 Å². The zero-order valence-corrected chi connectivity index (χ0v) is 16.5. The van der Waals surface area contributed by atoms with E-state index in [1.165, 1.54) is 24.3 Å². The number of hydrogen-bond acceptors (Lipinski definition) is 1. The van der Waals surface area contributed by atoms with Crippen LogP contribution in [-0.2, 0) is 0 Å². The van der Waals surface area contributed by atoms with E-state index < -0.39 is 0 Å². The van der Waals surface area contributed by atoms with Crippen molar-refractivity contribution in [1.29, 1.82) is 0 Å². The fraction of sp³-hybridized carbons (Fsp3) is 0. The molecule has 0 N–H and O–H groups in total. The molecule has 0 spiro atoms. The number of halogens is 2. The lowest BCUT2D eigenvalue weighted by molar-refractivity contribution is 0.627. The molecule has 0 radical (unpaired) electrons. The van der Waals surface area contributed by atoms with Crippen LogP contribution in [0.1, 0.15) is 0 Å². The second kappa shape index (κ2) is 8.00. The number of benzene rings is 4.